The third-order valence-electron chi connectivity index (χ3n) is 3.21. The van der Waals surface area contributed by atoms with Gasteiger partial charge in [-0.05, 0) is 18.6 Å². The summed E-state index contributed by atoms with van der Waals surface area (Å²) in [6.45, 7) is 6.88. The molecule has 0 saturated heterocycles. The van der Waals surface area contributed by atoms with Crippen LogP contribution in [0.1, 0.15) is 30.8 Å². The molecule has 0 aliphatic heterocycles. The Hall–Kier alpha value is -2.41. The highest BCUT2D eigenvalue weighted by Gasteiger charge is 2.20. The van der Waals surface area contributed by atoms with Crippen molar-refractivity contribution in [2.75, 3.05) is 11.9 Å². The lowest BCUT2D eigenvalue weighted by molar-refractivity contribution is 0.555. The lowest BCUT2D eigenvalue weighted by Gasteiger charge is -2.25. The molecule has 0 aliphatic carbocycles. The van der Waals surface area contributed by atoms with Crippen molar-refractivity contribution in [1.82, 2.24) is 9.97 Å². The Morgan fingerprint density at radius 3 is 2.55 bits per heavy atom. The summed E-state index contributed by atoms with van der Waals surface area (Å²) in [6, 6.07) is 14.0. The molecule has 1 N–H and O–H groups in total. The van der Waals surface area contributed by atoms with E-state index in [1.807, 2.05) is 31.2 Å². The Morgan fingerprint density at radius 2 is 1.90 bits per heavy atom. The molecule has 1 aromatic heterocycles. The van der Waals surface area contributed by atoms with Gasteiger partial charge in [0.05, 0.1) is 0 Å². The van der Waals surface area contributed by atoms with Crippen LogP contribution in [0, 0.1) is 18.3 Å². The van der Waals surface area contributed by atoms with E-state index in [1.165, 1.54) is 5.56 Å². The van der Waals surface area contributed by atoms with Crippen molar-refractivity contribution in [2.24, 2.45) is 0 Å². The summed E-state index contributed by atoms with van der Waals surface area (Å²) in [6.07, 6.45) is 0. The molecule has 0 aliphatic rings. The number of nitrogens with one attached hydrogen (secondary N) is 1. The van der Waals surface area contributed by atoms with Gasteiger partial charge in [0.15, 0.2) is 0 Å². The summed E-state index contributed by atoms with van der Waals surface area (Å²) in [7, 11) is 0. The van der Waals surface area contributed by atoms with Gasteiger partial charge in [0, 0.05) is 17.7 Å². The molecule has 0 atom stereocenters. The molecular weight excluding hydrogens is 248 g/mol. The van der Waals surface area contributed by atoms with Crippen molar-refractivity contribution < 1.29 is 0 Å². The number of hydrogen-bond acceptors (Lipinski definition) is 4. The number of nitrogens with zero attached hydrogens (tertiary/aromatic N) is 3. The molecule has 4 nitrogen and oxygen atoms in total. The zero-order valence-electron chi connectivity index (χ0n) is 12.0. The maximum Gasteiger partial charge on any atom is 0.224 e. The summed E-state index contributed by atoms with van der Waals surface area (Å²) < 4.78 is 0. The van der Waals surface area contributed by atoms with Crippen LogP contribution < -0.4 is 5.32 Å². The van der Waals surface area contributed by atoms with Gasteiger partial charge in [0.1, 0.15) is 11.8 Å². The summed E-state index contributed by atoms with van der Waals surface area (Å²) >= 11 is 0. The minimum absolute atomic E-state index is 0.0405. The summed E-state index contributed by atoms with van der Waals surface area (Å²) in [5.74, 6) is 0.505. The van der Waals surface area contributed by atoms with E-state index in [4.69, 9.17) is 5.26 Å². The predicted octanol–water partition coefficient (Wildman–Crippen LogP) is 3.05. The van der Waals surface area contributed by atoms with Gasteiger partial charge < -0.3 is 5.32 Å². The van der Waals surface area contributed by atoms with Crippen LogP contribution in [0.2, 0.25) is 0 Å². The molecule has 1 heterocycles. The van der Waals surface area contributed by atoms with Crippen LogP contribution in [0.5, 0.6) is 0 Å². The monoisotopic (exact) mass is 266 g/mol. The number of aromatic nitrogens is 2. The fourth-order valence-electron chi connectivity index (χ4n) is 2.00. The first kappa shape index (κ1) is 14.0. The quantitative estimate of drug-likeness (QED) is 0.924. The molecule has 0 fully saturated rings. The highest BCUT2D eigenvalue weighted by atomic mass is 15.1. The maximum absolute atomic E-state index is 8.92. The van der Waals surface area contributed by atoms with Crippen molar-refractivity contribution in [2.45, 2.75) is 26.2 Å². The van der Waals surface area contributed by atoms with Gasteiger partial charge in [-0.15, -0.1) is 0 Å². The van der Waals surface area contributed by atoms with E-state index in [2.05, 4.69) is 41.3 Å². The zero-order valence-corrected chi connectivity index (χ0v) is 12.0. The third kappa shape index (κ3) is 3.33. The number of hydrogen-bond donors (Lipinski definition) is 1. The number of anilines is 1. The first-order valence-corrected chi connectivity index (χ1v) is 6.56. The molecule has 0 radical (unpaired) electrons. The Morgan fingerprint density at radius 1 is 1.20 bits per heavy atom. The van der Waals surface area contributed by atoms with E-state index in [9.17, 15) is 0 Å². The second-order valence-corrected chi connectivity index (χ2v) is 5.43. The SMILES string of the molecule is Cc1cc(C#N)nc(NCC(C)(C)c2ccccc2)n1. The minimum Gasteiger partial charge on any atom is -0.353 e. The van der Waals surface area contributed by atoms with Gasteiger partial charge in [-0.25, -0.2) is 9.97 Å². The normalized spacial score (nSPS) is 10.9. The fourth-order valence-corrected chi connectivity index (χ4v) is 2.00. The average Bonchev–Trinajstić information content (AvgIpc) is 2.45. The highest BCUT2D eigenvalue weighted by Crippen LogP contribution is 2.22. The van der Waals surface area contributed by atoms with Crippen LogP contribution in [0.15, 0.2) is 36.4 Å². The van der Waals surface area contributed by atoms with Gasteiger partial charge >= 0.3 is 0 Å². The Bertz CT molecular complexity index is 627. The van der Waals surface area contributed by atoms with Gasteiger partial charge in [-0.1, -0.05) is 44.2 Å². The van der Waals surface area contributed by atoms with Crippen LogP contribution in [0.3, 0.4) is 0 Å². The molecule has 4 heteroatoms. The first-order chi connectivity index (χ1) is 9.51. The topological polar surface area (TPSA) is 61.6 Å². The van der Waals surface area contributed by atoms with E-state index in [0.717, 1.165) is 5.69 Å². The van der Waals surface area contributed by atoms with Crippen LogP contribution in [0.4, 0.5) is 5.95 Å². The molecule has 102 valence electrons. The summed E-state index contributed by atoms with van der Waals surface area (Å²) in [5.41, 5.74) is 2.39. The lowest BCUT2D eigenvalue weighted by Crippen LogP contribution is -2.28. The van der Waals surface area contributed by atoms with Crippen molar-refractivity contribution in [3.8, 4) is 6.07 Å². The molecule has 1 aromatic carbocycles. The molecule has 2 aromatic rings. The number of rotatable bonds is 4. The Labute approximate surface area is 119 Å². The maximum atomic E-state index is 8.92. The molecule has 0 unspecified atom stereocenters. The van der Waals surface area contributed by atoms with E-state index in [0.29, 0.717) is 18.2 Å². The molecule has 0 saturated carbocycles. The van der Waals surface area contributed by atoms with E-state index in [1.54, 1.807) is 6.07 Å². The third-order valence-corrected chi connectivity index (χ3v) is 3.21. The number of benzene rings is 1. The highest BCUT2D eigenvalue weighted by molar-refractivity contribution is 5.35. The molecule has 2 rings (SSSR count). The van der Waals surface area contributed by atoms with Crippen molar-refractivity contribution in [3.05, 3.63) is 53.3 Å². The zero-order chi connectivity index (χ0) is 14.6. The molecule has 20 heavy (non-hydrogen) atoms. The number of aryl methyl sites for hydroxylation is 1. The van der Waals surface area contributed by atoms with Crippen molar-refractivity contribution in [1.29, 1.82) is 5.26 Å². The molecule has 0 amide bonds. The fraction of sp³-hybridized carbons (Fsp3) is 0.312. The summed E-state index contributed by atoms with van der Waals surface area (Å²) in [4.78, 5) is 8.47. The van der Waals surface area contributed by atoms with Crippen molar-refractivity contribution in [3.63, 3.8) is 0 Å². The van der Waals surface area contributed by atoms with Gasteiger partial charge in [-0.3, -0.25) is 0 Å². The van der Waals surface area contributed by atoms with E-state index < -0.39 is 0 Å². The van der Waals surface area contributed by atoms with Gasteiger partial charge in [-0.2, -0.15) is 5.26 Å². The van der Waals surface area contributed by atoms with Crippen LogP contribution >= 0.6 is 0 Å². The minimum atomic E-state index is -0.0405. The van der Waals surface area contributed by atoms with Gasteiger partial charge in [0.25, 0.3) is 0 Å². The van der Waals surface area contributed by atoms with Crippen LogP contribution in [-0.2, 0) is 5.41 Å². The Kier molecular flexibility index (Phi) is 3.99. The van der Waals surface area contributed by atoms with Crippen molar-refractivity contribution >= 4 is 5.95 Å². The largest absolute Gasteiger partial charge is 0.353 e. The van der Waals surface area contributed by atoms with E-state index >= 15 is 0 Å². The number of nitriles is 1. The first-order valence-electron chi connectivity index (χ1n) is 6.56. The molecule has 0 spiro atoms. The molecule has 0 bridgehead atoms. The smallest absolute Gasteiger partial charge is 0.224 e. The standard InChI is InChI=1S/C16H18N4/c1-12-9-14(10-17)20-15(19-12)18-11-16(2,3)13-7-5-4-6-8-13/h4-9H,11H2,1-3H3,(H,18,19,20). The molecular formula is C16H18N4. The average molecular weight is 266 g/mol. The van der Waals surface area contributed by atoms with Crippen LogP contribution in [0.25, 0.3) is 0 Å². The Balaban J connectivity index is 2.12. The van der Waals surface area contributed by atoms with Gasteiger partial charge in [0.2, 0.25) is 5.95 Å². The lowest BCUT2D eigenvalue weighted by atomic mass is 9.85. The second-order valence-electron chi connectivity index (χ2n) is 5.43. The summed E-state index contributed by atoms with van der Waals surface area (Å²) in [5, 5.41) is 12.2. The van der Waals surface area contributed by atoms with E-state index in [-0.39, 0.29) is 5.41 Å². The second kappa shape index (κ2) is 5.70. The van der Waals surface area contributed by atoms with Crippen LogP contribution in [-0.4, -0.2) is 16.5 Å². The predicted molar refractivity (Wildman–Crippen MR) is 79.4 cm³/mol.